The molecule has 0 saturated heterocycles. The topological polar surface area (TPSA) is 17.1 Å². The van der Waals surface area contributed by atoms with Gasteiger partial charge in [0.15, 0.2) is 5.78 Å². The third-order valence-electron chi connectivity index (χ3n) is 2.97. The summed E-state index contributed by atoms with van der Waals surface area (Å²) in [6.45, 7) is 1.91. The second-order valence-electron chi connectivity index (χ2n) is 4.38. The number of hydrogen-bond acceptors (Lipinski definition) is 2. The second kappa shape index (κ2) is 7.16. The van der Waals surface area contributed by atoms with Gasteiger partial charge < -0.3 is 0 Å². The first-order valence-electron chi connectivity index (χ1n) is 6.23. The van der Waals surface area contributed by atoms with Crippen LogP contribution in [0, 0.1) is 0 Å². The van der Waals surface area contributed by atoms with E-state index in [0.717, 1.165) is 11.1 Å². The minimum Gasteiger partial charge on any atom is -0.293 e. The molecule has 2 aromatic rings. The van der Waals surface area contributed by atoms with Gasteiger partial charge in [-0.3, -0.25) is 4.79 Å². The minimum atomic E-state index is -0.135. The van der Waals surface area contributed by atoms with E-state index < -0.39 is 0 Å². The van der Waals surface area contributed by atoms with E-state index in [-0.39, 0.29) is 11.0 Å². The van der Waals surface area contributed by atoms with Gasteiger partial charge in [0.25, 0.3) is 0 Å². The maximum atomic E-state index is 12.2. The second-order valence-corrected chi connectivity index (χ2v) is 6.53. The summed E-state index contributed by atoms with van der Waals surface area (Å²) in [4.78, 5) is 12.2. The Balaban J connectivity index is 2.02. The van der Waals surface area contributed by atoms with E-state index in [0.29, 0.717) is 15.8 Å². The first-order chi connectivity index (χ1) is 9.59. The van der Waals surface area contributed by atoms with E-state index >= 15 is 0 Å². The summed E-state index contributed by atoms with van der Waals surface area (Å²) in [7, 11) is 0. The van der Waals surface area contributed by atoms with Gasteiger partial charge in [0.1, 0.15) is 0 Å². The molecule has 2 rings (SSSR count). The van der Waals surface area contributed by atoms with Crippen LogP contribution in [0.2, 0.25) is 10.0 Å². The number of benzene rings is 2. The normalized spacial score (nSPS) is 12.2. The molecule has 0 bridgehead atoms. The molecule has 1 unspecified atom stereocenters. The summed E-state index contributed by atoms with van der Waals surface area (Å²) >= 11 is 13.8. The van der Waals surface area contributed by atoms with Crippen LogP contribution in [-0.4, -0.2) is 11.0 Å². The SMILES string of the molecule is CC(SCc1c(Cl)cccc1Cl)C(=O)c1ccccc1. The van der Waals surface area contributed by atoms with Crippen LogP contribution in [0.3, 0.4) is 0 Å². The zero-order valence-electron chi connectivity index (χ0n) is 11.0. The molecule has 20 heavy (non-hydrogen) atoms. The van der Waals surface area contributed by atoms with Crippen LogP contribution in [0.5, 0.6) is 0 Å². The molecule has 1 atom stereocenters. The molecule has 0 aliphatic carbocycles. The lowest BCUT2D eigenvalue weighted by atomic mass is 10.1. The highest BCUT2D eigenvalue weighted by molar-refractivity contribution is 7.99. The number of thioether (sulfide) groups is 1. The van der Waals surface area contributed by atoms with E-state index in [1.807, 2.05) is 55.5 Å². The average molecular weight is 325 g/mol. The fraction of sp³-hybridized carbons (Fsp3) is 0.188. The molecular formula is C16H14Cl2OS. The van der Waals surface area contributed by atoms with Gasteiger partial charge in [-0.05, 0) is 24.6 Å². The Labute approximate surface area is 133 Å². The Bertz CT molecular complexity index is 578. The van der Waals surface area contributed by atoms with E-state index in [4.69, 9.17) is 23.2 Å². The summed E-state index contributed by atoms with van der Waals surface area (Å²) in [5.41, 5.74) is 1.62. The van der Waals surface area contributed by atoms with Gasteiger partial charge in [-0.2, -0.15) is 0 Å². The Hall–Kier alpha value is -0.960. The van der Waals surface area contributed by atoms with Crippen LogP contribution >= 0.6 is 35.0 Å². The van der Waals surface area contributed by atoms with Gasteiger partial charge in [0, 0.05) is 21.4 Å². The Kier molecular flexibility index (Phi) is 5.53. The lowest BCUT2D eigenvalue weighted by Gasteiger charge is -2.12. The molecule has 0 heterocycles. The van der Waals surface area contributed by atoms with Gasteiger partial charge in [0.2, 0.25) is 0 Å². The van der Waals surface area contributed by atoms with E-state index in [1.54, 1.807) is 11.8 Å². The largest absolute Gasteiger partial charge is 0.293 e. The fourth-order valence-corrected chi connectivity index (χ4v) is 3.50. The maximum absolute atomic E-state index is 12.2. The summed E-state index contributed by atoms with van der Waals surface area (Å²) in [5.74, 6) is 0.747. The Morgan fingerprint density at radius 1 is 1.05 bits per heavy atom. The van der Waals surface area contributed by atoms with Crippen LogP contribution in [-0.2, 0) is 5.75 Å². The average Bonchev–Trinajstić information content (AvgIpc) is 2.46. The zero-order chi connectivity index (χ0) is 14.5. The van der Waals surface area contributed by atoms with Crippen LogP contribution in [0.1, 0.15) is 22.8 Å². The van der Waals surface area contributed by atoms with Crippen molar-refractivity contribution in [1.29, 1.82) is 0 Å². The van der Waals surface area contributed by atoms with Crippen molar-refractivity contribution in [3.63, 3.8) is 0 Å². The molecule has 4 heteroatoms. The number of carbonyl (C=O) groups excluding carboxylic acids is 1. The highest BCUT2D eigenvalue weighted by Gasteiger charge is 2.16. The quantitative estimate of drug-likeness (QED) is 0.675. The van der Waals surface area contributed by atoms with Crippen molar-refractivity contribution >= 4 is 40.7 Å². The fourth-order valence-electron chi connectivity index (χ4n) is 1.79. The summed E-state index contributed by atoms with van der Waals surface area (Å²) in [5, 5.41) is 1.15. The highest BCUT2D eigenvalue weighted by Crippen LogP contribution is 2.30. The monoisotopic (exact) mass is 324 g/mol. The molecule has 0 spiro atoms. The molecule has 0 radical (unpaired) electrons. The van der Waals surface area contributed by atoms with Crippen LogP contribution in [0.4, 0.5) is 0 Å². The lowest BCUT2D eigenvalue weighted by molar-refractivity contribution is 0.0994. The highest BCUT2D eigenvalue weighted by atomic mass is 35.5. The van der Waals surface area contributed by atoms with Crippen molar-refractivity contribution in [3.05, 3.63) is 69.7 Å². The molecule has 1 nitrogen and oxygen atoms in total. The van der Waals surface area contributed by atoms with Crippen LogP contribution < -0.4 is 0 Å². The third-order valence-corrected chi connectivity index (χ3v) is 4.84. The van der Waals surface area contributed by atoms with E-state index in [2.05, 4.69) is 0 Å². The summed E-state index contributed by atoms with van der Waals surface area (Å²) < 4.78 is 0. The smallest absolute Gasteiger partial charge is 0.175 e. The first kappa shape index (κ1) is 15.4. The van der Waals surface area contributed by atoms with Crippen molar-refractivity contribution in [3.8, 4) is 0 Å². The van der Waals surface area contributed by atoms with Crippen molar-refractivity contribution in [1.82, 2.24) is 0 Å². The van der Waals surface area contributed by atoms with Crippen molar-refractivity contribution in [2.45, 2.75) is 17.9 Å². The third kappa shape index (κ3) is 3.78. The molecule has 0 amide bonds. The molecular weight excluding hydrogens is 311 g/mol. The van der Waals surface area contributed by atoms with E-state index in [1.165, 1.54) is 0 Å². The molecule has 2 aromatic carbocycles. The number of halogens is 2. The van der Waals surface area contributed by atoms with Gasteiger partial charge in [0.05, 0.1) is 5.25 Å². The van der Waals surface area contributed by atoms with Crippen LogP contribution in [0.25, 0.3) is 0 Å². The first-order valence-corrected chi connectivity index (χ1v) is 8.04. The van der Waals surface area contributed by atoms with Crippen molar-refractivity contribution in [2.75, 3.05) is 0 Å². The maximum Gasteiger partial charge on any atom is 0.175 e. The number of carbonyl (C=O) groups is 1. The number of rotatable bonds is 5. The van der Waals surface area contributed by atoms with E-state index in [9.17, 15) is 4.79 Å². The Morgan fingerprint density at radius 3 is 2.25 bits per heavy atom. The minimum absolute atomic E-state index is 0.124. The Morgan fingerprint density at radius 2 is 1.65 bits per heavy atom. The zero-order valence-corrected chi connectivity index (χ0v) is 13.3. The molecule has 0 aliphatic rings. The van der Waals surface area contributed by atoms with Crippen molar-refractivity contribution < 1.29 is 4.79 Å². The molecule has 104 valence electrons. The van der Waals surface area contributed by atoms with Gasteiger partial charge in [-0.1, -0.05) is 59.6 Å². The predicted molar refractivity (Wildman–Crippen MR) is 88.0 cm³/mol. The number of hydrogen-bond donors (Lipinski definition) is 0. The van der Waals surface area contributed by atoms with Crippen molar-refractivity contribution in [2.24, 2.45) is 0 Å². The molecule has 0 saturated carbocycles. The summed E-state index contributed by atoms with van der Waals surface area (Å²) in [6, 6.07) is 14.8. The number of ketones is 1. The lowest BCUT2D eigenvalue weighted by Crippen LogP contribution is -2.13. The van der Waals surface area contributed by atoms with Crippen LogP contribution in [0.15, 0.2) is 48.5 Å². The summed E-state index contributed by atoms with van der Waals surface area (Å²) in [6.07, 6.45) is 0. The van der Waals surface area contributed by atoms with Gasteiger partial charge in [-0.15, -0.1) is 11.8 Å². The molecule has 0 fully saturated rings. The molecule has 0 aliphatic heterocycles. The molecule has 0 aromatic heterocycles. The van der Waals surface area contributed by atoms with Gasteiger partial charge >= 0.3 is 0 Å². The molecule has 0 N–H and O–H groups in total. The number of Topliss-reactive ketones (excluding diaryl/α,β-unsaturated/α-hetero) is 1. The van der Waals surface area contributed by atoms with Gasteiger partial charge in [-0.25, -0.2) is 0 Å². The predicted octanol–water partition coefficient (Wildman–Crippen LogP) is 5.50. The standard InChI is InChI=1S/C16H14Cl2OS/c1-11(16(19)12-6-3-2-4-7-12)20-10-13-14(17)8-5-9-15(13)18/h2-9,11H,10H2,1H3.